The molecule has 1 atom stereocenters. The zero-order valence-electron chi connectivity index (χ0n) is 14.8. The Labute approximate surface area is 155 Å². The lowest BCUT2D eigenvalue weighted by molar-refractivity contribution is -0.133. The zero-order chi connectivity index (χ0) is 17.6. The Balaban J connectivity index is 1.57. The topological polar surface area (TPSA) is 49.8 Å². The van der Waals surface area contributed by atoms with Crippen molar-refractivity contribution >= 4 is 17.5 Å². The van der Waals surface area contributed by atoms with E-state index < -0.39 is 0 Å². The number of carbonyl (C=O) groups is 1. The van der Waals surface area contributed by atoms with E-state index in [9.17, 15) is 4.79 Å². The number of amides is 1. The highest BCUT2D eigenvalue weighted by Crippen LogP contribution is 2.32. The Morgan fingerprint density at radius 1 is 1.20 bits per heavy atom. The minimum Gasteiger partial charge on any atom is -0.493 e. The molecule has 25 heavy (non-hydrogen) atoms. The van der Waals surface area contributed by atoms with Crippen LogP contribution >= 0.6 is 11.6 Å². The van der Waals surface area contributed by atoms with Crippen molar-refractivity contribution in [2.24, 2.45) is 5.92 Å². The van der Waals surface area contributed by atoms with Gasteiger partial charge in [-0.15, -0.1) is 0 Å². The highest BCUT2D eigenvalue weighted by Gasteiger charge is 2.36. The van der Waals surface area contributed by atoms with Crippen LogP contribution in [0.25, 0.3) is 0 Å². The number of halogens is 1. The molecular formula is C20H28ClNO3. The molecule has 1 unspecified atom stereocenters. The molecule has 1 saturated heterocycles. The van der Waals surface area contributed by atoms with Crippen molar-refractivity contribution in [2.45, 2.75) is 57.4 Å². The van der Waals surface area contributed by atoms with Gasteiger partial charge in [0, 0.05) is 36.6 Å². The average Bonchev–Trinajstić information content (AvgIpc) is 2.99. The third-order valence-electron chi connectivity index (χ3n) is 5.43. The number of carbonyl (C=O) groups excluding carboxylic acids is 1. The van der Waals surface area contributed by atoms with Gasteiger partial charge in [-0.2, -0.15) is 0 Å². The van der Waals surface area contributed by atoms with Crippen LogP contribution in [0.2, 0.25) is 5.02 Å². The quantitative estimate of drug-likeness (QED) is 0.747. The minimum atomic E-state index is 0.0561. The molecule has 2 aliphatic rings. The molecule has 1 saturated carbocycles. The van der Waals surface area contributed by atoms with Crippen molar-refractivity contribution in [1.82, 2.24) is 4.90 Å². The van der Waals surface area contributed by atoms with Crippen LogP contribution in [-0.2, 0) is 11.2 Å². The number of aliphatic hydroxyl groups is 1. The SMILES string of the molecule is O=C1C(Cc2ccc(OCCCO)cc2Cl)CCN1C1CCCCC1. The van der Waals surface area contributed by atoms with Crippen LogP contribution < -0.4 is 4.74 Å². The second-order valence-electron chi connectivity index (χ2n) is 7.19. The molecule has 0 spiro atoms. The molecule has 1 heterocycles. The number of nitrogens with zero attached hydrogens (tertiary/aromatic N) is 1. The van der Waals surface area contributed by atoms with Gasteiger partial charge in [0.25, 0.3) is 0 Å². The van der Waals surface area contributed by atoms with Gasteiger partial charge in [0.05, 0.1) is 6.61 Å². The van der Waals surface area contributed by atoms with Crippen LogP contribution in [0.1, 0.15) is 50.5 Å². The number of benzene rings is 1. The highest BCUT2D eigenvalue weighted by molar-refractivity contribution is 6.31. The molecule has 138 valence electrons. The first kappa shape index (κ1) is 18.5. The average molecular weight is 366 g/mol. The number of hydrogen-bond donors (Lipinski definition) is 1. The van der Waals surface area contributed by atoms with E-state index >= 15 is 0 Å². The van der Waals surface area contributed by atoms with E-state index in [-0.39, 0.29) is 12.5 Å². The van der Waals surface area contributed by atoms with Crippen molar-refractivity contribution in [3.8, 4) is 5.75 Å². The zero-order valence-corrected chi connectivity index (χ0v) is 15.5. The van der Waals surface area contributed by atoms with E-state index in [2.05, 4.69) is 4.90 Å². The summed E-state index contributed by atoms with van der Waals surface area (Å²) in [6, 6.07) is 6.14. The fourth-order valence-electron chi connectivity index (χ4n) is 4.01. The number of hydrogen-bond acceptors (Lipinski definition) is 3. The van der Waals surface area contributed by atoms with Gasteiger partial charge in [-0.25, -0.2) is 0 Å². The van der Waals surface area contributed by atoms with Gasteiger partial charge < -0.3 is 14.7 Å². The number of likely N-dealkylation sites (tertiary alicyclic amines) is 1. The summed E-state index contributed by atoms with van der Waals surface area (Å²) >= 11 is 6.40. The van der Waals surface area contributed by atoms with Crippen molar-refractivity contribution in [2.75, 3.05) is 19.8 Å². The smallest absolute Gasteiger partial charge is 0.226 e. The molecule has 4 nitrogen and oxygen atoms in total. The van der Waals surface area contributed by atoms with Crippen molar-refractivity contribution in [1.29, 1.82) is 0 Å². The van der Waals surface area contributed by atoms with Crippen molar-refractivity contribution in [3.05, 3.63) is 28.8 Å². The van der Waals surface area contributed by atoms with Gasteiger partial charge >= 0.3 is 0 Å². The lowest BCUT2D eigenvalue weighted by Crippen LogP contribution is -2.39. The van der Waals surface area contributed by atoms with Crippen molar-refractivity contribution in [3.63, 3.8) is 0 Å². The molecule has 3 rings (SSSR count). The Morgan fingerprint density at radius 2 is 2.00 bits per heavy atom. The monoisotopic (exact) mass is 365 g/mol. The molecular weight excluding hydrogens is 338 g/mol. The number of ether oxygens (including phenoxy) is 1. The number of rotatable bonds is 7. The summed E-state index contributed by atoms with van der Waals surface area (Å²) < 4.78 is 5.55. The third-order valence-corrected chi connectivity index (χ3v) is 5.78. The summed E-state index contributed by atoms with van der Waals surface area (Å²) in [5.41, 5.74) is 1.01. The number of aliphatic hydroxyl groups excluding tert-OH is 1. The van der Waals surface area contributed by atoms with E-state index in [1.54, 1.807) is 0 Å². The molecule has 1 aliphatic heterocycles. The molecule has 1 amide bonds. The predicted octanol–water partition coefficient (Wildman–Crippen LogP) is 3.82. The standard InChI is InChI=1S/C20H28ClNO3/c21-19-14-18(25-12-4-11-23)8-7-15(19)13-16-9-10-22(20(16)24)17-5-2-1-3-6-17/h7-8,14,16-17,23H,1-6,9-13H2. The normalized spacial score (nSPS) is 21.8. The van der Waals surface area contributed by atoms with Gasteiger partial charge in [0.15, 0.2) is 0 Å². The maximum absolute atomic E-state index is 12.8. The second-order valence-corrected chi connectivity index (χ2v) is 7.60. The van der Waals surface area contributed by atoms with Gasteiger partial charge in [0.1, 0.15) is 5.75 Å². The molecule has 0 radical (unpaired) electrons. The minimum absolute atomic E-state index is 0.0561. The molecule has 1 N–H and O–H groups in total. The molecule has 5 heteroatoms. The van der Waals surface area contributed by atoms with Crippen LogP contribution in [0.15, 0.2) is 18.2 Å². The molecule has 1 aromatic carbocycles. The largest absolute Gasteiger partial charge is 0.493 e. The van der Waals surface area contributed by atoms with E-state index in [0.29, 0.717) is 42.2 Å². The first-order valence-electron chi connectivity index (χ1n) is 9.51. The van der Waals surface area contributed by atoms with Crippen LogP contribution in [0.5, 0.6) is 5.75 Å². The lowest BCUT2D eigenvalue weighted by atomic mass is 9.94. The van der Waals surface area contributed by atoms with E-state index in [1.165, 1.54) is 32.1 Å². The van der Waals surface area contributed by atoms with Crippen LogP contribution in [0, 0.1) is 5.92 Å². The van der Waals surface area contributed by atoms with E-state index in [1.807, 2.05) is 18.2 Å². The van der Waals surface area contributed by atoms with Crippen molar-refractivity contribution < 1.29 is 14.6 Å². The second kappa shape index (κ2) is 8.91. The van der Waals surface area contributed by atoms with Crippen LogP contribution in [0.4, 0.5) is 0 Å². The molecule has 0 aromatic heterocycles. The summed E-state index contributed by atoms with van der Waals surface area (Å²) in [7, 11) is 0. The summed E-state index contributed by atoms with van der Waals surface area (Å²) in [5.74, 6) is 1.08. The predicted molar refractivity (Wildman–Crippen MR) is 99.0 cm³/mol. The summed E-state index contributed by atoms with van der Waals surface area (Å²) in [5, 5.41) is 9.46. The Kier molecular flexibility index (Phi) is 6.60. The van der Waals surface area contributed by atoms with Gasteiger partial charge in [-0.05, 0) is 43.4 Å². The molecule has 1 aliphatic carbocycles. The highest BCUT2D eigenvalue weighted by atomic mass is 35.5. The van der Waals surface area contributed by atoms with Gasteiger partial charge in [0.2, 0.25) is 5.91 Å². The third kappa shape index (κ3) is 4.68. The molecule has 1 aromatic rings. The van der Waals surface area contributed by atoms with Gasteiger partial charge in [-0.3, -0.25) is 4.79 Å². The first-order valence-corrected chi connectivity index (χ1v) is 9.89. The lowest BCUT2D eigenvalue weighted by Gasteiger charge is -2.31. The summed E-state index contributed by atoms with van der Waals surface area (Å²) in [6.07, 6.45) is 8.39. The van der Waals surface area contributed by atoms with Gasteiger partial charge in [-0.1, -0.05) is 36.9 Å². The van der Waals surface area contributed by atoms with E-state index in [0.717, 1.165) is 18.5 Å². The molecule has 0 bridgehead atoms. The maximum Gasteiger partial charge on any atom is 0.226 e. The van der Waals surface area contributed by atoms with Crippen LogP contribution in [0.3, 0.4) is 0 Å². The fraction of sp³-hybridized carbons (Fsp3) is 0.650. The maximum atomic E-state index is 12.8. The fourth-order valence-corrected chi connectivity index (χ4v) is 4.26. The Morgan fingerprint density at radius 3 is 2.72 bits per heavy atom. The summed E-state index contributed by atoms with van der Waals surface area (Å²) in [4.78, 5) is 14.9. The Hall–Kier alpha value is -1.26. The van der Waals surface area contributed by atoms with Crippen LogP contribution in [-0.4, -0.2) is 41.7 Å². The van der Waals surface area contributed by atoms with E-state index in [4.69, 9.17) is 21.4 Å². The first-order chi connectivity index (χ1) is 12.2. The molecule has 2 fully saturated rings. The Bertz CT molecular complexity index is 586. The summed E-state index contributed by atoms with van der Waals surface area (Å²) in [6.45, 7) is 1.49.